The maximum atomic E-state index is 11.3. The van der Waals surface area contributed by atoms with Crippen molar-refractivity contribution in [3.63, 3.8) is 0 Å². The molecule has 0 aliphatic rings. The molecule has 2 N–H and O–H groups in total. The highest BCUT2D eigenvalue weighted by molar-refractivity contribution is 8.00. The van der Waals surface area contributed by atoms with E-state index < -0.39 is 0 Å². The van der Waals surface area contributed by atoms with Crippen molar-refractivity contribution in [1.82, 2.24) is 5.32 Å². The SMILES string of the molecule is CC(C)SCC(=O)NCC(C)(C)CO. The van der Waals surface area contributed by atoms with Gasteiger partial charge in [-0.05, 0) is 5.25 Å². The Balaban J connectivity index is 3.64. The van der Waals surface area contributed by atoms with E-state index in [0.717, 1.165) is 0 Å². The molecule has 0 rings (SSSR count). The fraction of sp³-hybridized carbons (Fsp3) is 0.900. The number of aliphatic hydroxyl groups is 1. The molecule has 3 nitrogen and oxygen atoms in total. The van der Waals surface area contributed by atoms with Crippen molar-refractivity contribution in [2.24, 2.45) is 5.41 Å². The van der Waals surface area contributed by atoms with E-state index in [-0.39, 0.29) is 17.9 Å². The van der Waals surface area contributed by atoms with E-state index in [1.54, 1.807) is 11.8 Å². The molecule has 0 saturated heterocycles. The molecule has 4 heteroatoms. The van der Waals surface area contributed by atoms with Gasteiger partial charge in [0, 0.05) is 18.6 Å². The topological polar surface area (TPSA) is 49.3 Å². The van der Waals surface area contributed by atoms with Gasteiger partial charge in [0.15, 0.2) is 0 Å². The summed E-state index contributed by atoms with van der Waals surface area (Å²) in [6.07, 6.45) is 0. The van der Waals surface area contributed by atoms with Gasteiger partial charge in [0.25, 0.3) is 0 Å². The zero-order valence-electron chi connectivity index (χ0n) is 9.46. The number of carbonyl (C=O) groups excluding carboxylic acids is 1. The largest absolute Gasteiger partial charge is 0.396 e. The second kappa shape index (κ2) is 6.30. The molecule has 0 bridgehead atoms. The molecule has 0 aromatic carbocycles. The van der Waals surface area contributed by atoms with Gasteiger partial charge in [-0.3, -0.25) is 4.79 Å². The molecule has 0 saturated carbocycles. The monoisotopic (exact) mass is 219 g/mol. The average Bonchev–Trinajstić information content (AvgIpc) is 2.11. The first-order valence-electron chi connectivity index (χ1n) is 4.86. The number of hydrogen-bond acceptors (Lipinski definition) is 3. The zero-order valence-corrected chi connectivity index (χ0v) is 10.3. The number of aliphatic hydroxyl groups excluding tert-OH is 1. The van der Waals surface area contributed by atoms with Gasteiger partial charge in [-0.1, -0.05) is 27.7 Å². The zero-order chi connectivity index (χ0) is 11.2. The van der Waals surface area contributed by atoms with Crippen LogP contribution in [0.4, 0.5) is 0 Å². The Labute approximate surface area is 90.7 Å². The van der Waals surface area contributed by atoms with E-state index in [9.17, 15) is 4.79 Å². The highest BCUT2D eigenvalue weighted by Gasteiger charge is 2.17. The van der Waals surface area contributed by atoms with E-state index in [1.165, 1.54) is 0 Å². The van der Waals surface area contributed by atoms with Crippen LogP contribution in [0.2, 0.25) is 0 Å². The number of thioether (sulfide) groups is 1. The number of hydrogen-bond donors (Lipinski definition) is 2. The molecular formula is C10H21NO2S. The molecule has 0 fully saturated rings. The van der Waals surface area contributed by atoms with E-state index in [2.05, 4.69) is 19.2 Å². The third kappa shape index (κ3) is 7.21. The van der Waals surface area contributed by atoms with Crippen LogP contribution >= 0.6 is 11.8 Å². The number of amides is 1. The summed E-state index contributed by atoms with van der Waals surface area (Å²) in [5.41, 5.74) is -0.224. The molecule has 1 amide bonds. The molecule has 14 heavy (non-hydrogen) atoms. The molecule has 0 atom stereocenters. The third-order valence-corrected chi connectivity index (χ3v) is 2.84. The number of nitrogens with one attached hydrogen (secondary N) is 1. The van der Waals surface area contributed by atoms with Crippen LogP contribution in [0.1, 0.15) is 27.7 Å². The van der Waals surface area contributed by atoms with E-state index in [1.807, 2.05) is 13.8 Å². The van der Waals surface area contributed by atoms with Crippen molar-refractivity contribution in [2.45, 2.75) is 32.9 Å². The van der Waals surface area contributed by atoms with Crippen LogP contribution in [-0.2, 0) is 4.79 Å². The lowest BCUT2D eigenvalue weighted by molar-refractivity contribution is -0.119. The maximum absolute atomic E-state index is 11.3. The fourth-order valence-corrected chi connectivity index (χ4v) is 1.27. The Kier molecular flexibility index (Phi) is 6.20. The standard InChI is InChI=1S/C10H21NO2S/c1-8(2)14-5-9(13)11-6-10(3,4)7-12/h8,12H,5-7H2,1-4H3,(H,11,13). The van der Waals surface area contributed by atoms with Crippen LogP contribution in [0.15, 0.2) is 0 Å². The van der Waals surface area contributed by atoms with Gasteiger partial charge in [0.1, 0.15) is 0 Å². The number of rotatable bonds is 6. The lowest BCUT2D eigenvalue weighted by Gasteiger charge is -2.21. The van der Waals surface area contributed by atoms with Crippen LogP contribution < -0.4 is 5.32 Å². The van der Waals surface area contributed by atoms with Crippen LogP contribution in [0.5, 0.6) is 0 Å². The molecule has 0 unspecified atom stereocenters. The summed E-state index contributed by atoms with van der Waals surface area (Å²) >= 11 is 1.62. The summed E-state index contributed by atoms with van der Waals surface area (Å²) in [4.78, 5) is 11.3. The second-order valence-corrected chi connectivity index (χ2v) is 6.02. The average molecular weight is 219 g/mol. The normalized spacial score (nSPS) is 11.9. The molecule has 0 aromatic heterocycles. The quantitative estimate of drug-likeness (QED) is 0.707. The summed E-state index contributed by atoms with van der Waals surface area (Å²) in [6, 6.07) is 0. The fourth-order valence-electron chi connectivity index (χ4n) is 0.687. The molecule has 0 radical (unpaired) electrons. The van der Waals surface area contributed by atoms with Gasteiger partial charge in [0.05, 0.1) is 5.75 Å². The van der Waals surface area contributed by atoms with Crippen LogP contribution in [0.3, 0.4) is 0 Å². The Morgan fingerprint density at radius 3 is 2.50 bits per heavy atom. The van der Waals surface area contributed by atoms with Gasteiger partial charge < -0.3 is 10.4 Å². The van der Waals surface area contributed by atoms with Gasteiger partial charge in [-0.2, -0.15) is 0 Å². The first kappa shape index (κ1) is 13.8. The molecule has 0 heterocycles. The Morgan fingerprint density at radius 1 is 1.50 bits per heavy atom. The third-order valence-electron chi connectivity index (χ3n) is 1.74. The number of carbonyl (C=O) groups is 1. The van der Waals surface area contributed by atoms with Crippen molar-refractivity contribution in [3.8, 4) is 0 Å². The molecule has 0 aliphatic carbocycles. The molecule has 84 valence electrons. The minimum Gasteiger partial charge on any atom is -0.396 e. The Bertz CT molecular complexity index is 181. The van der Waals surface area contributed by atoms with Crippen molar-refractivity contribution in [1.29, 1.82) is 0 Å². The summed E-state index contributed by atoms with van der Waals surface area (Å²) in [7, 11) is 0. The van der Waals surface area contributed by atoms with Gasteiger partial charge in [0.2, 0.25) is 5.91 Å². The van der Waals surface area contributed by atoms with Crippen molar-refractivity contribution >= 4 is 17.7 Å². The van der Waals surface area contributed by atoms with Crippen molar-refractivity contribution < 1.29 is 9.90 Å². The van der Waals surface area contributed by atoms with Gasteiger partial charge in [-0.15, -0.1) is 11.8 Å². The summed E-state index contributed by atoms with van der Waals surface area (Å²) in [5.74, 6) is 0.546. The lowest BCUT2D eigenvalue weighted by atomic mass is 9.95. The highest BCUT2D eigenvalue weighted by atomic mass is 32.2. The van der Waals surface area contributed by atoms with Gasteiger partial charge in [-0.25, -0.2) is 0 Å². The summed E-state index contributed by atoms with van der Waals surface area (Å²) < 4.78 is 0. The Morgan fingerprint density at radius 2 is 2.07 bits per heavy atom. The second-order valence-electron chi connectivity index (χ2n) is 4.46. The predicted molar refractivity (Wildman–Crippen MR) is 61.5 cm³/mol. The van der Waals surface area contributed by atoms with E-state index >= 15 is 0 Å². The van der Waals surface area contributed by atoms with Crippen molar-refractivity contribution in [2.75, 3.05) is 18.9 Å². The summed E-state index contributed by atoms with van der Waals surface area (Å²) in [6.45, 7) is 8.59. The van der Waals surface area contributed by atoms with E-state index in [0.29, 0.717) is 17.5 Å². The lowest BCUT2D eigenvalue weighted by Crippen LogP contribution is -2.37. The minimum absolute atomic E-state index is 0.0465. The first-order valence-corrected chi connectivity index (χ1v) is 5.91. The first-order chi connectivity index (χ1) is 6.37. The predicted octanol–water partition coefficient (Wildman–Crippen LogP) is 1.26. The smallest absolute Gasteiger partial charge is 0.230 e. The van der Waals surface area contributed by atoms with Crippen molar-refractivity contribution in [3.05, 3.63) is 0 Å². The van der Waals surface area contributed by atoms with Crippen LogP contribution in [0, 0.1) is 5.41 Å². The minimum atomic E-state index is -0.224. The summed E-state index contributed by atoms with van der Waals surface area (Å²) in [5, 5.41) is 12.3. The van der Waals surface area contributed by atoms with Gasteiger partial charge >= 0.3 is 0 Å². The molecule has 0 aliphatic heterocycles. The maximum Gasteiger partial charge on any atom is 0.230 e. The molecular weight excluding hydrogens is 198 g/mol. The Hall–Kier alpha value is -0.220. The van der Waals surface area contributed by atoms with Crippen LogP contribution in [-0.4, -0.2) is 35.2 Å². The highest BCUT2D eigenvalue weighted by Crippen LogP contribution is 2.12. The van der Waals surface area contributed by atoms with Crippen LogP contribution in [0.25, 0.3) is 0 Å². The molecule has 0 aromatic rings. The molecule has 0 spiro atoms. The van der Waals surface area contributed by atoms with E-state index in [4.69, 9.17) is 5.11 Å².